The monoisotopic (exact) mass is 444 g/mol. The molecule has 0 spiro atoms. The lowest BCUT2D eigenvalue weighted by molar-refractivity contribution is -0.118. The smallest absolute Gasteiger partial charge is 0.262 e. The summed E-state index contributed by atoms with van der Waals surface area (Å²) < 4.78 is 32.9. The summed E-state index contributed by atoms with van der Waals surface area (Å²) in [5.41, 5.74) is 3.31. The highest BCUT2D eigenvalue weighted by Gasteiger charge is 2.17. The van der Waals surface area contributed by atoms with Crippen LogP contribution in [0.1, 0.15) is 11.1 Å². The largest absolute Gasteiger partial charge is 0.482 e. The van der Waals surface area contributed by atoms with Crippen molar-refractivity contribution in [1.29, 1.82) is 0 Å². The number of aryl methyl sites for hydroxylation is 2. The normalized spacial score (nSPS) is 11.0. The maximum atomic E-state index is 12.5. The van der Waals surface area contributed by atoms with Gasteiger partial charge in [0, 0.05) is 11.4 Å². The number of hydrogen-bond donors (Lipinski definition) is 2. The first-order chi connectivity index (χ1) is 14.2. The Morgan fingerprint density at radius 2 is 1.67 bits per heavy atom. The number of benzene rings is 3. The number of nitrogens with one attached hydrogen (secondary N) is 2. The molecule has 0 aliphatic carbocycles. The van der Waals surface area contributed by atoms with E-state index in [1.165, 1.54) is 18.2 Å². The first-order valence-corrected chi connectivity index (χ1v) is 11.0. The molecule has 8 heteroatoms. The fourth-order valence-corrected chi connectivity index (χ4v) is 4.03. The predicted molar refractivity (Wildman–Crippen MR) is 119 cm³/mol. The summed E-state index contributed by atoms with van der Waals surface area (Å²) in [6.07, 6.45) is 0. The lowest BCUT2D eigenvalue weighted by Crippen LogP contribution is -2.20. The number of carbonyl (C=O) groups excluding carboxylic acids is 1. The van der Waals surface area contributed by atoms with Gasteiger partial charge in [-0.2, -0.15) is 0 Å². The second-order valence-corrected chi connectivity index (χ2v) is 8.79. The molecule has 0 aliphatic heterocycles. The van der Waals surface area contributed by atoms with E-state index in [0.29, 0.717) is 11.4 Å². The molecule has 30 heavy (non-hydrogen) atoms. The van der Waals surface area contributed by atoms with Crippen molar-refractivity contribution in [3.63, 3.8) is 0 Å². The minimum Gasteiger partial charge on any atom is -0.482 e. The molecule has 0 radical (unpaired) electrons. The Labute approximate surface area is 180 Å². The number of ether oxygens (including phenoxy) is 1. The van der Waals surface area contributed by atoms with Crippen molar-refractivity contribution in [3.05, 3.63) is 82.9 Å². The average Bonchev–Trinajstić information content (AvgIpc) is 2.70. The molecule has 0 heterocycles. The van der Waals surface area contributed by atoms with Crippen LogP contribution in [0, 0.1) is 13.8 Å². The molecule has 0 aliphatic rings. The Morgan fingerprint density at radius 3 is 2.33 bits per heavy atom. The molecule has 3 aromatic rings. The van der Waals surface area contributed by atoms with E-state index in [1.54, 1.807) is 30.3 Å². The van der Waals surface area contributed by atoms with Gasteiger partial charge < -0.3 is 10.1 Å². The van der Waals surface area contributed by atoms with Crippen LogP contribution in [0.25, 0.3) is 0 Å². The SMILES string of the molecule is Cc1ccc(NC(=O)COc2ccc(S(=O)(=O)Nc3ccccc3)cc2Cl)cc1C. The quantitative estimate of drug-likeness (QED) is 0.549. The van der Waals surface area contributed by atoms with Gasteiger partial charge in [0.05, 0.1) is 9.92 Å². The summed E-state index contributed by atoms with van der Waals surface area (Å²) >= 11 is 6.17. The van der Waals surface area contributed by atoms with Gasteiger partial charge in [-0.1, -0.05) is 35.9 Å². The Bertz CT molecular complexity index is 1170. The topological polar surface area (TPSA) is 84.5 Å². The molecule has 0 aromatic heterocycles. The van der Waals surface area contributed by atoms with Crippen LogP contribution >= 0.6 is 11.6 Å². The predicted octanol–water partition coefficient (Wildman–Crippen LogP) is 4.78. The number of rotatable bonds is 7. The van der Waals surface area contributed by atoms with Gasteiger partial charge >= 0.3 is 0 Å². The molecule has 0 atom stereocenters. The van der Waals surface area contributed by atoms with Crippen LogP contribution in [0.5, 0.6) is 5.75 Å². The maximum absolute atomic E-state index is 12.5. The van der Waals surface area contributed by atoms with Crippen molar-refractivity contribution in [1.82, 2.24) is 0 Å². The van der Waals surface area contributed by atoms with E-state index in [4.69, 9.17) is 16.3 Å². The molecule has 1 amide bonds. The summed E-state index contributed by atoms with van der Waals surface area (Å²) in [6, 6.07) is 18.2. The van der Waals surface area contributed by atoms with Gasteiger partial charge in [0.1, 0.15) is 5.75 Å². The number of para-hydroxylation sites is 1. The molecular weight excluding hydrogens is 424 g/mol. The molecule has 6 nitrogen and oxygen atoms in total. The molecule has 3 rings (SSSR count). The second kappa shape index (κ2) is 9.19. The summed E-state index contributed by atoms with van der Waals surface area (Å²) in [5, 5.41) is 2.84. The van der Waals surface area contributed by atoms with Gasteiger partial charge in [0.15, 0.2) is 6.61 Å². The molecule has 156 valence electrons. The molecule has 0 bridgehead atoms. The number of halogens is 1. The van der Waals surface area contributed by atoms with Crippen LogP contribution in [0.3, 0.4) is 0 Å². The number of carbonyl (C=O) groups is 1. The molecule has 2 N–H and O–H groups in total. The van der Waals surface area contributed by atoms with Crippen molar-refractivity contribution >= 4 is 38.9 Å². The number of sulfonamides is 1. The zero-order valence-electron chi connectivity index (χ0n) is 16.5. The van der Waals surface area contributed by atoms with Crippen molar-refractivity contribution in [2.45, 2.75) is 18.7 Å². The molecule has 0 saturated heterocycles. The molecule has 0 saturated carbocycles. The van der Waals surface area contributed by atoms with Crippen LogP contribution in [0.15, 0.2) is 71.6 Å². The minimum atomic E-state index is -3.80. The van der Waals surface area contributed by atoms with Crippen molar-refractivity contribution in [3.8, 4) is 5.75 Å². The van der Waals surface area contributed by atoms with Crippen LogP contribution in [0.4, 0.5) is 11.4 Å². The van der Waals surface area contributed by atoms with Gasteiger partial charge in [-0.3, -0.25) is 9.52 Å². The Balaban J connectivity index is 1.63. The van der Waals surface area contributed by atoms with E-state index in [1.807, 2.05) is 32.0 Å². The molecule has 3 aromatic carbocycles. The van der Waals surface area contributed by atoms with E-state index in [0.717, 1.165) is 11.1 Å². The molecule has 0 unspecified atom stereocenters. The zero-order valence-corrected chi connectivity index (χ0v) is 18.0. The van der Waals surface area contributed by atoms with Crippen molar-refractivity contribution < 1.29 is 17.9 Å². The highest BCUT2D eigenvalue weighted by molar-refractivity contribution is 7.92. The minimum absolute atomic E-state index is 0.0108. The third-order valence-corrected chi connectivity index (χ3v) is 6.06. The highest BCUT2D eigenvalue weighted by Crippen LogP contribution is 2.28. The Kier molecular flexibility index (Phi) is 6.64. The maximum Gasteiger partial charge on any atom is 0.262 e. The average molecular weight is 445 g/mol. The first kappa shape index (κ1) is 21.7. The standard InChI is InChI=1S/C22H21ClN2O4S/c1-15-8-9-18(12-16(15)2)24-22(26)14-29-21-11-10-19(13-20(21)23)30(27,28)25-17-6-4-3-5-7-17/h3-13,25H,14H2,1-2H3,(H,24,26). The second-order valence-electron chi connectivity index (χ2n) is 6.70. The lowest BCUT2D eigenvalue weighted by atomic mass is 10.1. The number of anilines is 2. The Morgan fingerprint density at radius 1 is 0.933 bits per heavy atom. The highest BCUT2D eigenvalue weighted by atomic mass is 35.5. The molecular formula is C22H21ClN2O4S. The van der Waals surface area contributed by atoms with Crippen LogP contribution in [0.2, 0.25) is 5.02 Å². The van der Waals surface area contributed by atoms with Crippen LogP contribution in [-0.4, -0.2) is 20.9 Å². The summed E-state index contributed by atoms with van der Waals surface area (Å²) in [7, 11) is -3.80. The van der Waals surface area contributed by atoms with E-state index >= 15 is 0 Å². The van der Waals surface area contributed by atoms with Gasteiger partial charge in [-0.15, -0.1) is 0 Å². The van der Waals surface area contributed by atoms with E-state index in [9.17, 15) is 13.2 Å². The van der Waals surface area contributed by atoms with Crippen molar-refractivity contribution in [2.24, 2.45) is 0 Å². The molecule has 0 fully saturated rings. The number of amides is 1. The van der Waals surface area contributed by atoms with E-state index in [2.05, 4.69) is 10.0 Å². The summed E-state index contributed by atoms with van der Waals surface area (Å²) in [6.45, 7) is 3.69. The van der Waals surface area contributed by atoms with E-state index < -0.39 is 10.0 Å². The summed E-state index contributed by atoms with van der Waals surface area (Å²) in [5.74, 6) is -0.137. The summed E-state index contributed by atoms with van der Waals surface area (Å²) in [4.78, 5) is 12.1. The van der Waals surface area contributed by atoms with Crippen LogP contribution in [-0.2, 0) is 14.8 Å². The van der Waals surface area contributed by atoms with Gasteiger partial charge in [0.2, 0.25) is 0 Å². The Hall–Kier alpha value is -3.03. The van der Waals surface area contributed by atoms with Gasteiger partial charge in [0.25, 0.3) is 15.9 Å². The third kappa shape index (κ3) is 5.52. The van der Waals surface area contributed by atoms with Crippen LogP contribution < -0.4 is 14.8 Å². The first-order valence-electron chi connectivity index (χ1n) is 9.12. The lowest BCUT2D eigenvalue weighted by Gasteiger charge is -2.12. The van der Waals surface area contributed by atoms with E-state index in [-0.39, 0.29) is 28.2 Å². The fraction of sp³-hybridized carbons (Fsp3) is 0.136. The zero-order chi connectivity index (χ0) is 21.7. The third-order valence-electron chi connectivity index (χ3n) is 4.39. The number of hydrogen-bond acceptors (Lipinski definition) is 4. The fourth-order valence-electron chi connectivity index (χ4n) is 2.65. The van der Waals surface area contributed by atoms with Crippen molar-refractivity contribution in [2.75, 3.05) is 16.6 Å². The van der Waals surface area contributed by atoms with Gasteiger partial charge in [-0.25, -0.2) is 8.42 Å². The van der Waals surface area contributed by atoms with Gasteiger partial charge in [-0.05, 0) is 67.4 Å².